The Kier molecular flexibility index (Phi) is 5.01. The van der Waals surface area contributed by atoms with Crippen molar-refractivity contribution in [3.63, 3.8) is 0 Å². The molecule has 2 saturated carbocycles. The predicted molar refractivity (Wildman–Crippen MR) is 122 cm³/mol. The van der Waals surface area contributed by atoms with E-state index in [9.17, 15) is 9.59 Å². The number of aromatic nitrogens is 1. The summed E-state index contributed by atoms with van der Waals surface area (Å²) in [6, 6.07) is 8.06. The van der Waals surface area contributed by atoms with Crippen LogP contribution in [0.15, 0.2) is 30.5 Å². The lowest BCUT2D eigenvalue weighted by Crippen LogP contribution is -2.78. The fraction of sp³-hybridized carbons (Fsp3) is 0.615. The Hall–Kier alpha value is -2.34. The molecule has 1 aromatic heterocycles. The van der Waals surface area contributed by atoms with Crippen LogP contribution in [0.4, 0.5) is 0 Å². The van der Waals surface area contributed by atoms with Crippen LogP contribution in [0.25, 0.3) is 10.9 Å². The molecule has 0 bridgehead atoms. The number of fused-ring (bicyclic) bond motifs is 1. The first-order chi connectivity index (χ1) is 15.7. The summed E-state index contributed by atoms with van der Waals surface area (Å²) >= 11 is 0. The molecule has 1 atom stereocenters. The highest BCUT2D eigenvalue weighted by molar-refractivity contribution is 6.06. The molecule has 1 unspecified atom stereocenters. The smallest absolute Gasteiger partial charge is 0.254 e. The zero-order valence-electron chi connectivity index (χ0n) is 18.7. The molecular weight excluding hydrogens is 402 g/mol. The number of hydrogen-bond donors (Lipinski definition) is 1. The number of carbonyl (C=O) groups is 2. The van der Waals surface area contributed by atoms with Gasteiger partial charge in [-0.15, -0.1) is 0 Å². The molecule has 3 heterocycles. The van der Waals surface area contributed by atoms with Gasteiger partial charge in [-0.05, 0) is 62.6 Å². The van der Waals surface area contributed by atoms with Crippen LogP contribution >= 0.6 is 0 Å². The van der Waals surface area contributed by atoms with Gasteiger partial charge in [0.25, 0.3) is 11.8 Å². The summed E-state index contributed by atoms with van der Waals surface area (Å²) in [7, 11) is 0. The van der Waals surface area contributed by atoms with E-state index in [1.54, 1.807) is 0 Å². The Bertz CT molecular complexity index is 1010. The third kappa shape index (κ3) is 3.26. The highest BCUT2D eigenvalue weighted by atomic mass is 16.5. The summed E-state index contributed by atoms with van der Waals surface area (Å²) in [5.41, 5.74) is 1.67. The number of β-lactam (4-membered cyclic amide) rings is 1. The lowest BCUT2D eigenvalue weighted by atomic mass is 9.68. The highest BCUT2D eigenvalue weighted by Gasteiger charge is 2.62. The molecule has 6 rings (SSSR count). The fourth-order valence-corrected chi connectivity index (χ4v) is 6.36. The van der Waals surface area contributed by atoms with Crippen molar-refractivity contribution in [2.75, 3.05) is 19.7 Å². The van der Waals surface area contributed by atoms with Crippen LogP contribution in [-0.2, 0) is 9.53 Å². The number of hydrogen-bond acceptors (Lipinski definition) is 3. The summed E-state index contributed by atoms with van der Waals surface area (Å²) < 4.78 is 6.22. The van der Waals surface area contributed by atoms with Crippen LogP contribution in [0.2, 0.25) is 0 Å². The number of rotatable bonds is 5. The summed E-state index contributed by atoms with van der Waals surface area (Å²) in [6.45, 7) is 2.17. The van der Waals surface area contributed by atoms with Crippen molar-refractivity contribution in [1.82, 2.24) is 14.8 Å². The maximum absolute atomic E-state index is 13.2. The minimum Gasteiger partial charge on any atom is -0.366 e. The van der Waals surface area contributed by atoms with Gasteiger partial charge in [0.15, 0.2) is 6.10 Å². The third-order valence-electron chi connectivity index (χ3n) is 8.29. The van der Waals surface area contributed by atoms with Gasteiger partial charge in [0.05, 0.1) is 12.1 Å². The van der Waals surface area contributed by atoms with Crippen LogP contribution in [0.1, 0.15) is 68.1 Å². The minimum absolute atomic E-state index is 0.0855. The molecule has 2 aliphatic heterocycles. The molecule has 2 saturated heterocycles. The predicted octanol–water partition coefficient (Wildman–Crippen LogP) is 4.11. The molecule has 1 aromatic carbocycles. The number of likely N-dealkylation sites (tertiary alicyclic amines) is 2. The van der Waals surface area contributed by atoms with E-state index in [2.05, 4.69) is 9.88 Å². The van der Waals surface area contributed by atoms with Crippen molar-refractivity contribution in [3.05, 3.63) is 36.0 Å². The van der Waals surface area contributed by atoms with Gasteiger partial charge < -0.3 is 19.5 Å². The Morgan fingerprint density at radius 3 is 2.59 bits per heavy atom. The molecule has 2 aromatic rings. The van der Waals surface area contributed by atoms with Crippen molar-refractivity contribution in [2.45, 2.75) is 75.5 Å². The number of nitrogens with one attached hydrogen (secondary N) is 1. The zero-order valence-corrected chi connectivity index (χ0v) is 18.7. The van der Waals surface area contributed by atoms with Gasteiger partial charge in [-0.25, -0.2) is 0 Å². The Morgan fingerprint density at radius 1 is 1.06 bits per heavy atom. The first kappa shape index (κ1) is 20.3. The number of aromatic amines is 1. The molecule has 32 heavy (non-hydrogen) atoms. The van der Waals surface area contributed by atoms with E-state index < -0.39 is 0 Å². The van der Waals surface area contributed by atoms with E-state index in [4.69, 9.17) is 4.74 Å². The van der Waals surface area contributed by atoms with Gasteiger partial charge in [-0.1, -0.05) is 25.3 Å². The molecule has 4 aliphatic rings. The summed E-state index contributed by atoms with van der Waals surface area (Å²) in [5, 5.41) is 0.981. The topological polar surface area (TPSA) is 65.6 Å². The number of amides is 2. The van der Waals surface area contributed by atoms with Gasteiger partial charge >= 0.3 is 0 Å². The van der Waals surface area contributed by atoms with E-state index in [1.807, 2.05) is 35.4 Å². The Morgan fingerprint density at radius 2 is 1.84 bits per heavy atom. The summed E-state index contributed by atoms with van der Waals surface area (Å²) in [4.78, 5) is 33.9. The average Bonchev–Trinajstić information content (AvgIpc) is 3.52. The molecule has 2 amide bonds. The second kappa shape index (κ2) is 7.91. The summed E-state index contributed by atoms with van der Waals surface area (Å²) in [5.74, 6) is 0.979. The SMILES string of the molecule is O=C(c1cccc2[nH]ccc12)N1CCC(N2C(=O)C(OCC3CC3)C23CCCCC3)CC1. The van der Waals surface area contributed by atoms with Crippen molar-refractivity contribution >= 4 is 22.7 Å². The highest BCUT2D eigenvalue weighted by Crippen LogP contribution is 2.48. The van der Waals surface area contributed by atoms with Gasteiger partial charge in [-0.3, -0.25) is 9.59 Å². The lowest BCUT2D eigenvalue weighted by molar-refractivity contribution is -0.211. The molecule has 1 spiro atoms. The lowest BCUT2D eigenvalue weighted by Gasteiger charge is -2.62. The van der Waals surface area contributed by atoms with E-state index in [0.29, 0.717) is 19.0 Å². The van der Waals surface area contributed by atoms with E-state index in [0.717, 1.165) is 48.8 Å². The maximum Gasteiger partial charge on any atom is 0.254 e. The molecule has 2 aliphatic carbocycles. The molecule has 4 fully saturated rings. The van der Waals surface area contributed by atoms with Gasteiger partial charge in [-0.2, -0.15) is 0 Å². The third-order valence-corrected chi connectivity index (χ3v) is 8.29. The fourth-order valence-electron chi connectivity index (χ4n) is 6.36. The van der Waals surface area contributed by atoms with Crippen molar-refractivity contribution in [1.29, 1.82) is 0 Å². The average molecular weight is 436 g/mol. The molecule has 170 valence electrons. The molecule has 0 radical (unpaired) electrons. The van der Waals surface area contributed by atoms with Crippen LogP contribution in [0.5, 0.6) is 0 Å². The van der Waals surface area contributed by atoms with Gasteiger partial charge in [0, 0.05) is 41.8 Å². The number of nitrogens with zero attached hydrogens (tertiary/aromatic N) is 2. The van der Waals surface area contributed by atoms with Crippen LogP contribution < -0.4 is 0 Å². The molecule has 6 nitrogen and oxygen atoms in total. The van der Waals surface area contributed by atoms with E-state index >= 15 is 0 Å². The number of carbonyl (C=O) groups excluding carboxylic acids is 2. The van der Waals surface area contributed by atoms with Crippen molar-refractivity contribution in [3.8, 4) is 0 Å². The quantitative estimate of drug-likeness (QED) is 0.719. The van der Waals surface area contributed by atoms with Gasteiger partial charge in [0.1, 0.15) is 0 Å². The van der Waals surface area contributed by atoms with Crippen molar-refractivity contribution < 1.29 is 14.3 Å². The maximum atomic E-state index is 13.2. The summed E-state index contributed by atoms with van der Waals surface area (Å²) in [6.07, 6.45) is 11.7. The normalized spacial score (nSPS) is 26.0. The second-order valence-corrected chi connectivity index (χ2v) is 10.3. The monoisotopic (exact) mass is 435 g/mol. The molecular formula is C26H33N3O3. The van der Waals surface area contributed by atoms with E-state index in [-0.39, 0.29) is 29.5 Å². The standard InChI is InChI=1S/C26H33N3O3/c30-24(21-5-4-6-22-20(21)9-14-27-22)28-15-10-19(11-16-28)29-25(31)23(32-17-18-7-8-18)26(29)12-2-1-3-13-26/h4-6,9,14,18-19,23,27H,1-3,7-8,10-13,15-17H2. The number of benzene rings is 1. The molecule has 6 heteroatoms. The van der Waals surface area contributed by atoms with Crippen molar-refractivity contribution in [2.24, 2.45) is 5.92 Å². The number of ether oxygens (including phenoxy) is 1. The molecule has 1 N–H and O–H groups in total. The van der Waals surface area contributed by atoms with Crippen LogP contribution in [0, 0.1) is 5.92 Å². The second-order valence-electron chi connectivity index (χ2n) is 10.3. The Balaban J connectivity index is 1.14. The van der Waals surface area contributed by atoms with Crippen LogP contribution in [-0.4, -0.2) is 64.0 Å². The zero-order chi connectivity index (χ0) is 21.7. The minimum atomic E-state index is -0.228. The van der Waals surface area contributed by atoms with Crippen LogP contribution in [0.3, 0.4) is 0 Å². The first-order valence-electron chi connectivity index (χ1n) is 12.5. The number of H-pyrrole nitrogens is 1. The largest absolute Gasteiger partial charge is 0.366 e. The Labute approximate surface area is 189 Å². The number of piperidine rings is 1. The van der Waals surface area contributed by atoms with E-state index in [1.165, 1.54) is 32.1 Å². The first-order valence-corrected chi connectivity index (χ1v) is 12.5. The van der Waals surface area contributed by atoms with Gasteiger partial charge in [0.2, 0.25) is 0 Å².